The van der Waals surface area contributed by atoms with Crippen molar-refractivity contribution in [2.45, 2.75) is 18.9 Å². The molecule has 1 aromatic carbocycles. The number of amides is 1. The summed E-state index contributed by atoms with van der Waals surface area (Å²) in [7, 11) is 3.77. The summed E-state index contributed by atoms with van der Waals surface area (Å²) in [6.07, 6.45) is 2.61. The highest BCUT2D eigenvalue weighted by atomic mass is 16.1. The first kappa shape index (κ1) is 13.7. The highest BCUT2D eigenvalue weighted by molar-refractivity contribution is 6.00. The molecule has 1 aromatic rings. The predicted octanol–water partition coefficient (Wildman–Crippen LogP) is 1.13. The van der Waals surface area contributed by atoms with Crippen LogP contribution in [0.1, 0.15) is 23.2 Å². The minimum absolute atomic E-state index is 0.0990. The van der Waals surface area contributed by atoms with E-state index in [2.05, 4.69) is 22.6 Å². The van der Waals surface area contributed by atoms with Crippen molar-refractivity contribution < 1.29 is 4.79 Å². The Morgan fingerprint density at radius 1 is 1.47 bits per heavy atom. The lowest BCUT2D eigenvalue weighted by Crippen LogP contribution is -2.28. The van der Waals surface area contributed by atoms with Gasteiger partial charge in [-0.15, -0.1) is 0 Å². The second-order valence-electron chi connectivity index (χ2n) is 5.02. The number of nitrogen functional groups attached to an aromatic ring is 1. The molecule has 0 unspecified atom stereocenters. The number of nitrogens with two attached hydrogens (primary N) is 1. The van der Waals surface area contributed by atoms with E-state index in [0.29, 0.717) is 11.3 Å². The van der Waals surface area contributed by atoms with E-state index in [1.54, 1.807) is 19.2 Å². The first-order valence-electron chi connectivity index (χ1n) is 6.67. The lowest BCUT2D eigenvalue weighted by Gasteiger charge is -2.17. The van der Waals surface area contributed by atoms with Gasteiger partial charge in [0, 0.05) is 37.6 Å². The Bertz CT molecular complexity index is 457. The first-order chi connectivity index (χ1) is 9.11. The standard InChI is InChI=1S/C14H22N4O/c1-16-14(19)12-6-3-10(15)9-13(12)17-7-8-18(2)11-4-5-11/h3,6,9,11,17H,4-5,7-8,15H2,1-2H3,(H,16,19). The molecule has 2 rings (SSSR count). The van der Waals surface area contributed by atoms with Crippen LogP contribution in [0, 0.1) is 0 Å². The molecule has 0 spiro atoms. The van der Waals surface area contributed by atoms with E-state index in [4.69, 9.17) is 5.73 Å². The number of benzene rings is 1. The van der Waals surface area contributed by atoms with E-state index in [1.165, 1.54) is 12.8 Å². The van der Waals surface area contributed by atoms with Crippen LogP contribution in [0.3, 0.4) is 0 Å². The van der Waals surface area contributed by atoms with Gasteiger partial charge < -0.3 is 21.3 Å². The van der Waals surface area contributed by atoms with Gasteiger partial charge in [0.25, 0.3) is 5.91 Å². The minimum Gasteiger partial charge on any atom is -0.399 e. The van der Waals surface area contributed by atoms with Crippen LogP contribution in [0.4, 0.5) is 11.4 Å². The highest BCUT2D eigenvalue weighted by Gasteiger charge is 2.25. The first-order valence-corrected chi connectivity index (χ1v) is 6.67. The van der Waals surface area contributed by atoms with E-state index in [-0.39, 0.29) is 5.91 Å². The van der Waals surface area contributed by atoms with Crippen LogP contribution in [0.5, 0.6) is 0 Å². The van der Waals surface area contributed by atoms with E-state index < -0.39 is 0 Å². The molecule has 5 nitrogen and oxygen atoms in total. The van der Waals surface area contributed by atoms with Gasteiger partial charge in [-0.3, -0.25) is 4.79 Å². The smallest absolute Gasteiger partial charge is 0.253 e. The lowest BCUT2D eigenvalue weighted by atomic mass is 10.1. The molecule has 0 aromatic heterocycles. The second-order valence-corrected chi connectivity index (χ2v) is 5.02. The number of carbonyl (C=O) groups excluding carboxylic acids is 1. The molecule has 1 saturated carbocycles. The Kier molecular flexibility index (Phi) is 4.27. The molecule has 0 saturated heterocycles. The molecule has 19 heavy (non-hydrogen) atoms. The fraction of sp³-hybridized carbons (Fsp3) is 0.500. The SMILES string of the molecule is CNC(=O)c1ccc(N)cc1NCCN(C)C1CC1. The number of hydrogen-bond acceptors (Lipinski definition) is 4. The molecule has 104 valence electrons. The summed E-state index contributed by atoms with van der Waals surface area (Å²) < 4.78 is 0. The average molecular weight is 262 g/mol. The van der Waals surface area contributed by atoms with E-state index >= 15 is 0 Å². The number of anilines is 2. The topological polar surface area (TPSA) is 70.4 Å². The number of nitrogens with one attached hydrogen (secondary N) is 2. The van der Waals surface area contributed by atoms with Crippen LogP contribution in [0.2, 0.25) is 0 Å². The zero-order chi connectivity index (χ0) is 13.8. The quantitative estimate of drug-likeness (QED) is 0.672. The van der Waals surface area contributed by atoms with Crippen LogP contribution in [-0.4, -0.2) is 44.0 Å². The Balaban J connectivity index is 1.97. The van der Waals surface area contributed by atoms with Crippen LogP contribution < -0.4 is 16.4 Å². The third-order valence-electron chi connectivity index (χ3n) is 3.47. The molecule has 0 bridgehead atoms. The molecule has 5 heteroatoms. The normalized spacial score (nSPS) is 14.5. The van der Waals surface area contributed by atoms with Crippen molar-refractivity contribution >= 4 is 17.3 Å². The van der Waals surface area contributed by atoms with Gasteiger partial charge in [0.1, 0.15) is 0 Å². The van der Waals surface area contributed by atoms with Crippen molar-refractivity contribution in [3.63, 3.8) is 0 Å². The van der Waals surface area contributed by atoms with E-state index in [1.807, 2.05) is 6.07 Å². The summed E-state index contributed by atoms with van der Waals surface area (Å²) in [4.78, 5) is 14.1. The largest absolute Gasteiger partial charge is 0.399 e. The van der Waals surface area contributed by atoms with E-state index in [0.717, 1.165) is 24.8 Å². The summed E-state index contributed by atoms with van der Waals surface area (Å²) in [6.45, 7) is 1.77. The van der Waals surface area contributed by atoms with Crippen LogP contribution in [0.25, 0.3) is 0 Å². The monoisotopic (exact) mass is 262 g/mol. The number of rotatable bonds is 6. The third kappa shape index (κ3) is 3.61. The molecule has 0 atom stereocenters. The van der Waals surface area contributed by atoms with Crippen molar-refractivity contribution in [2.24, 2.45) is 0 Å². The zero-order valence-corrected chi connectivity index (χ0v) is 11.6. The van der Waals surface area contributed by atoms with Crippen molar-refractivity contribution in [3.8, 4) is 0 Å². The Hall–Kier alpha value is -1.75. The maximum atomic E-state index is 11.8. The maximum Gasteiger partial charge on any atom is 0.253 e. The number of hydrogen-bond donors (Lipinski definition) is 3. The van der Waals surface area contributed by atoms with Crippen LogP contribution >= 0.6 is 0 Å². The highest BCUT2D eigenvalue weighted by Crippen LogP contribution is 2.25. The van der Waals surface area contributed by atoms with Crippen LogP contribution in [-0.2, 0) is 0 Å². The van der Waals surface area contributed by atoms with Gasteiger partial charge in [-0.05, 0) is 38.1 Å². The van der Waals surface area contributed by atoms with Gasteiger partial charge in [-0.1, -0.05) is 0 Å². The predicted molar refractivity (Wildman–Crippen MR) is 78.4 cm³/mol. The van der Waals surface area contributed by atoms with Gasteiger partial charge in [-0.25, -0.2) is 0 Å². The number of likely N-dealkylation sites (N-methyl/N-ethyl adjacent to an activating group) is 1. The van der Waals surface area contributed by atoms with Crippen molar-refractivity contribution in [1.29, 1.82) is 0 Å². The molecule has 0 aliphatic heterocycles. The molecule has 1 aliphatic carbocycles. The molecule has 4 N–H and O–H groups in total. The summed E-state index contributed by atoms with van der Waals surface area (Å²) in [5.74, 6) is -0.0990. The van der Waals surface area contributed by atoms with E-state index in [9.17, 15) is 4.79 Å². The fourth-order valence-electron chi connectivity index (χ4n) is 2.11. The summed E-state index contributed by atoms with van der Waals surface area (Å²) in [5.41, 5.74) is 7.86. The van der Waals surface area contributed by atoms with Gasteiger partial charge in [0.15, 0.2) is 0 Å². The van der Waals surface area contributed by atoms with Gasteiger partial charge in [-0.2, -0.15) is 0 Å². The third-order valence-corrected chi connectivity index (χ3v) is 3.47. The number of nitrogens with zero attached hydrogens (tertiary/aromatic N) is 1. The van der Waals surface area contributed by atoms with Gasteiger partial charge in [0.2, 0.25) is 0 Å². The average Bonchev–Trinajstić information content (AvgIpc) is 3.22. The lowest BCUT2D eigenvalue weighted by molar-refractivity contribution is 0.0964. The Morgan fingerprint density at radius 2 is 2.21 bits per heavy atom. The fourth-order valence-corrected chi connectivity index (χ4v) is 2.11. The zero-order valence-electron chi connectivity index (χ0n) is 11.6. The van der Waals surface area contributed by atoms with Gasteiger partial charge >= 0.3 is 0 Å². The minimum atomic E-state index is -0.0990. The molecule has 0 heterocycles. The molecule has 1 aliphatic rings. The van der Waals surface area contributed by atoms with Crippen molar-refractivity contribution in [1.82, 2.24) is 10.2 Å². The van der Waals surface area contributed by atoms with Crippen molar-refractivity contribution in [2.75, 3.05) is 38.2 Å². The van der Waals surface area contributed by atoms with Crippen LogP contribution in [0.15, 0.2) is 18.2 Å². The Morgan fingerprint density at radius 3 is 2.84 bits per heavy atom. The summed E-state index contributed by atoms with van der Waals surface area (Å²) >= 11 is 0. The summed E-state index contributed by atoms with van der Waals surface area (Å²) in [5, 5.41) is 5.94. The molecule has 1 amide bonds. The second kappa shape index (κ2) is 5.93. The molecular formula is C14H22N4O. The molecule has 1 fully saturated rings. The molecule has 0 radical (unpaired) electrons. The van der Waals surface area contributed by atoms with Gasteiger partial charge in [0.05, 0.1) is 5.56 Å². The number of carbonyl (C=O) groups is 1. The van der Waals surface area contributed by atoms with Crippen molar-refractivity contribution in [3.05, 3.63) is 23.8 Å². The maximum absolute atomic E-state index is 11.8. The Labute approximate surface area is 114 Å². The summed E-state index contributed by atoms with van der Waals surface area (Å²) in [6, 6.07) is 6.05. The molecular weight excluding hydrogens is 240 g/mol.